The van der Waals surface area contributed by atoms with Gasteiger partial charge in [-0.1, -0.05) is 36.8 Å². The maximum Gasteiger partial charge on any atom is 0.404 e. The van der Waals surface area contributed by atoms with Gasteiger partial charge in [0.15, 0.2) is 0 Å². The molecule has 1 fully saturated rings. The molecule has 20 heavy (non-hydrogen) atoms. The third-order valence-electron chi connectivity index (χ3n) is 3.79. The van der Waals surface area contributed by atoms with E-state index in [-0.39, 0.29) is 0 Å². The summed E-state index contributed by atoms with van der Waals surface area (Å²) in [6, 6.07) is 9.58. The molecular formula is C15H22N2O3. The second-order valence-electron chi connectivity index (χ2n) is 5.35. The van der Waals surface area contributed by atoms with E-state index in [2.05, 4.69) is 10.6 Å². The Morgan fingerprint density at radius 1 is 1.30 bits per heavy atom. The van der Waals surface area contributed by atoms with Crippen molar-refractivity contribution in [2.24, 2.45) is 0 Å². The molecule has 0 radical (unpaired) electrons. The number of rotatable bonds is 7. The zero-order valence-electron chi connectivity index (χ0n) is 11.5. The maximum atomic E-state index is 10.9. The van der Waals surface area contributed by atoms with Crippen LogP contribution in [0.2, 0.25) is 0 Å². The molecule has 110 valence electrons. The first kappa shape index (κ1) is 14.8. The van der Waals surface area contributed by atoms with Crippen LogP contribution in [0.1, 0.15) is 24.8 Å². The van der Waals surface area contributed by atoms with Gasteiger partial charge in [-0.15, -0.1) is 0 Å². The highest BCUT2D eigenvalue weighted by Crippen LogP contribution is 2.18. The molecule has 1 aromatic carbocycles. The standard InChI is InChI=1S/C15H22N2O3/c18-14(10-16-12-7-4-8-12)13(17-15(19)20)9-11-5-2-1-3-6-11/h1-3,5-6,12-14,16-18H,4,7-10H2,(H,19,20)/t13-,14+/m0/s1. The second-order valence-corrected chi connectivity index (χ2v) is 5.35. The number of nitrogens with one attached hydrogen (secondary N) is 2. The molecule has 1 aromatic rings. The predicted molar refractivity (Wildman–Crippen MR) is 76.7 cm³/mol. The van der Waals surface area contributed by atoms with Gasteiger partial charge in [0.05, 0.1) is 12.1 Å². The van der Waals surface area contributed by atoms with Gasteiger partial charge in [-0.2, -0.15) is 0 Å². The van der Waals surface area contributed by atoms with E-state index in [1.165, 1.54) is 6.42 Å². The van der Waals surface area contributed by atoms with Crippen molar-refractivity contribution >= 4 is 6.09 Å². The van der Waals surface area contributed by atoms with E-state index >= 15 is 0 Å². The molecule has 5 nitrogen and oxygen atoms in total. The Labute approximate surface area is 119 Å². The fourth-order valence-corrected chi connectivity index (χ4v) is 2.35. The fourth-order valence-electron chi connectivity index (χ4n) is 2.35. The molecule has 5 heteroatoms. The van der Waals surface area contributed by atoms with Crippen molar-refractivity contribution in [3.8, 4) is 0 Å². The Kier molecular flexibility index (Phi) is 5.38. The van der Waals surface area contributed by atoms with Gasteiger partial charge in [0.2, 0.25) is 0 Å². The molecule has 1 aliphatic rings. The van der Waals surface area contributed by atoms with E-state index in [1.807, 2.05) is 30.3 Å². The normalized spacial score (nSPS) is 18.1. The van der Waals surface area contributed by atoms with Crippen LogP contribution >= 0.6 is 0 Å². The lowest BCUT2D eigenvalue weighted by Crippen LogP contribution is -2.50. The third-order valence-corrected chi connectivity index (χ3v) is 3.79. The minimum atomic E-state index is -1.10. The molecule has 0 saturated heterocycles. The minimum absolute atomic E-state index is 0.419. The summed E-state index contributed by atoms with van der Waals surface area (Å²) in [7, 11) is 0. The van der Waals surface area contributed by atoms with Gasteiger partial charge in [-0.25, -0.2) is 4.79 Å². The lowest BCUT2D eigenvalue weighted by molar-refractivity contribution is 0.111. The van der Waals surface area contributed by atoms with Gasteiger partial charge in [0.1, 0.15) is 0 Å². The van der Waals surface area contributed by atoms with E-state index in [9.17, 15) is 9.90 Å². The molecule has 0 aliphatic heterocycles. The molecule has 1 aliphatic carbocycles. The largest absolute Gasteiger partial charge is 0.465 e. The van der Waals surface area contributed by atoms with Gasteiger partial charge in [-0.05, 0) is 24.8 Å². The van der Waals surface area contributed by atoms with E-state index in [4.69, 9.17) is 5.11 Å². The van der Waals surface area contributed by atoms with Crippen molar-refractivity contribution in [1.82, 2.24) is 10.6 Å². The summed E-state index contributed by atoms with van der Waals surface area (Å²) in [6.45, 7) is 0.419. The Balaban J connectivity index is 1.89. The van der Waals surface area contributed by atoms with Crippen molar-refractivity contribution < 1.29 is 15.0 Å². The average molecular weight is 278 g/mol. The van der Waals surface area contributed by atoms with E-state index in [1.54, 1.807) is 0 Å². The zero-order chi connectivity index (χ0) is 14.4. The van der Waals surface area contributed by atoms with Crippen LogP contribution in [0, 0.1) is 0 Å². The molecule has 0 spiro atoms. The van der Waals surface area contributed by atoms with Crippen LogP contribution in [0.5, 0.6) is 0 Å². The monoisotopic (exact) mass is 278 g/mol. The van der Waals surface area contributed by atoms with E-state index < -0.39 is 18.2 Å². The molecular weight excluding hydrogens is 256 g/mol. The lowest BCUT2D eigenvalue weighted by atomic mass is 9.92. The molecule has 4 N–H and O–H groups in total. The van der Waals surface area contributed by atoms with Crippen LogP contribution < -0.4 is 10.6 Å². The van der Waals surface area contributed by atoms with Crippen LogP contribution in [-0.4, -0.2) is 41.0 Å². The summed E-state index contributed by atoms with van der Waals surface area (Å²) in [5.74, 6) is 0. The minimum Gasteiger partial charge on any atom is -0.465 e. The number of hydrogen-bond donors (Lipinski definition) is 4. The first-order valence-corrected chi connectivity index (χ1v) is 7.10. The molecule has 0 bridgehead atoms. The number of benzene rings is 1. The van der Waals surface area contributed by atoms with Crippen LogP contribution in [-0.2, 0) is 6.42 Å². The predicted octanol–water partition coefficient (Wildman–Crippen LogP) is 1.37. The number of aliphatic hydroxyl groups excluding tert-OH is 1. The molecule has 0 heterocycles. The fraction of sp³-hybridized carbons (Fsp3) is 0.533. The number of amides is 1. The van der Waals surface area contributed by atoms with Crippen molar-refractivity contribution in [3.05, 3.63) is 35.9 Å². The summed E-state index contributed by atoms with van der Waals surface area (Å²) in [6.07, 6.45) is 2.17. The summed E-state index contributed by atoms with van der Waals surface area (Å²) >= 11 is 0. The zero-order valence-corrected chi connectivity index (χ0v) is 11.5. The Bertz CT molecular complexity index is 420. The molecule has 1 amide bonds. The van der Waals surface area contributed by atoms with Gasteiger partial charge in [0.25, 0.3) is 0 Å². The number of hydrogen-bond acceptors (Lipinski definition) is 3. The van der Waals surface area contributed by atoms with E-state index in [0.29, 0.717) is 19.0 Å². The summed E-state index contributed by atoms with van der Waals surface area (Å²) in [5.41, 5.74) is 1.01. The highest BCUT2D eigenvalue weighted by atomic mass is 16.4. The SMILES string of the molecule is O=C(O)N[C@@H](Cc1ccccc1)[C@H](O)CNC1CCC1. The Morgan fingerprint density at radius 3 is 2.55 bits per heavy atom. The van der Waals surface area contributed by atoms with Crippen LogP contribution in [0.15, 0.2) is 30.3 Å². The summed E-state index contributed by atoms with van der Waals surface area (Å²) < 4.78 is 0. The van der Waals surface area contributed by atoms with Crippen LogP contribution in [0.25, 0.3) is 0 Å². The average Bonchev–Trinajstić information content (AvgIpc) is 2.36. The van der Waals surface area contributed by atoms with Crippen molar-refractivity contribution in [2.75, 3.05) is 6.54 Å². The molecule has 2 atom stereocenters. The highest BCUT2D eigenvalue weighted by Gasteiger charge is 2.24. The summed E-state index contributed by atoms with van der Waals surface area (Å²) in [4.78, 5) is 10.9. The second kappa shape index (κ2) is 7.26. The highest BCUT2D eigenvalue weighted by molar-refractivity contribution is 5.65. The smallest absolute Gasteiger partial charge is 0.404 e. The molecule has 1 saturated carbocycles. The van der Waals surface area contributed by atoms with Gasteiger partial charge in [0, 0.05) is 12.6 Å². The van der Waals surface area contributed by atoms with Crippen molar-refractivity contribution in [3.63, 3.8) is 0 Å². The van der Waals surface area contributed by atoms with Crippen LogP contribution in [0.3, 0.4) is 0 Å². The van der Waals surface area contributed by atoms with Crippen molar-refractivity contribution in [2.45, 2.75) is 43.9 Å². The van der Waals surface area contributed by atoms with Crippen molar-refractivity contribution in [1.29, 1.82) is 0 Å². The Morgan fingerprint density at radius 2 is 2.00 bits per heavy atom. The number of aliphatic hydroxyl groups is 1. The Hall–Kier alpha value is -1.59. The lowest BCUT2D eigenvalue weighted by Gasteiger charge is -2.30. The molecule has 2 rings (SSSR count). The number of carbonyl (C=O) groups is 1. The van der Waals surface area contributed by atoms with Gasteiger partial charge < -0.3 is 20.8 Å². The van der Waals surface area contributed by atoms with Gasteiger partial charge >= 0.3 is 6.09 Å². The molecule has 0 unspecified atom stereocenters. The first-order valence-electron chi connectivity index (χ1n) is 7.10. The van der Waals surface area contributed by atoms with Crippen LogP contribution in [0.4, 0.5) is 4.79 Å². The third kappa shape index (κ3) is 4.51. The first-order chi connectivity index (χ1) is 9.65. The van der Waals surface area contributed by atoms with E-state index in [0.717, 1.165) is 18.4 Å². The molecule has 0 aromatic heterocycles. The topological polar surface area (TPSA) is 81.6 Å². The number of carboxylic acid groups (broad SMARTS) is 1. The maximum absolute atomic E-state index is 10.9. The summed E-state index contributed by atoms with van der Waals surface area (Å²) in [5, 5.41) is 24.8. The van der Waals surface area contributed by atoms with Gasteiger partial charge in [-0.3, -0.25) is 0 Å². The quantitative estimate of drug-likeness (QED) is 0.607.